The first-order valence-corrected chi connectivity index (χ1v) is 7.77. The van der Waals surface area contributed by atoms with Gasteiger partial charge in [-0.15, -0.1) is 0 Å². The van der Waals surface area contributed by atoms with Gasteiger partial charge in [0.25, 0.3) is 0 Å². The summed E-state index contributed by atoms with van der Waals surface area (Å²) in [6.07, 6.45) is 7.84. The van der Waals surface area contributed by atoms with Gasteiger partial charge in [0, 0.05) is 12.7 Å². The van der Waals surface area contributed by atoms with Gasteiger partial charge in [0.1, 0.15) is 6.07 Å². The molecule has 8 nitrogen and oxygen atoms in total. The standard InChI is InChI=1S/C16H18N6O2/c17-9-12-3-1-7-18-14(12)22-11-13(10-20-22)21-15(23)19-8-6-16(24)4-2-5-16/h1,3,7,10-11,24H,2,4-6,8H2,(H2,19,21,23). The normalized spacial score (nSPS) is 15.2. The highest BCUT2D eigenvalue weighted by Crippen LogP contribution is 2.34. The van der Waals surface area contributed by atoms with Crippen molar-refractivity contribution in [3.05, 3.63) is 36.3 Å². The molecule has 2 heterocycles. The molecule has 2 aromatic rings. The summed E-state index contributed by atoms with van der Waals surface area (Å²) in [7, 11) is 0. The molecule has 0 bridgehead atoms. The van der Waals surface area contributed by atoms with Crippen molar-refractivity contribution in [1.82, 2.24) is 20.1 Å². The Hall–Kier alpha value is -2.92. The highest BCUT2D eigenvalue weighted by molar-refractivity contribution is 5.88. The van der Waals surface area contributed by atoms with Gasteiger partial charge >= 0.3 is 6.03 Å². The molecule has 1 saturated carbocycles. The average Bonchev–Trinajstić information content (AvgIpc) is 3.01. The third-order valence-electron chi connectivity index (χ3n) is 4.12. The van der Waals surface area contributed by atoms with Crippen molar-refractivity contribution in [2.75, 3.05) is 11.9 Å². The smallest absolute Gasteiger partial charge is 0.319 e. The molecular formula is C16H18N6O2. The second-order valence-corrected chi connectivity index (χ2v) is 5.87. The van der Waals surface area contributed by atoms with Crippen LogP contribution in [0.4, 0.5) is 10.5 Å². The first-order chi connectivity index (χ1) is 11.6. The second kappa shape index (κ2) is 6.68. The maximum Gasteiger partial charge on any atom is 0.319 e. The maximum absolute atomic E-state index is 11.9. The molecule has 8 heteroatoms. The van der Waals surface area contributed by atoms with E-state index in [1.54, 1.807) is 24.5 Å². The van der Waals surface area contributed by atoms with E-state index in [9.17, 15) is 9.90 Å². The number of anilines is 1. The lowest BCUT2D eigenvalue weighted by molar-refractivity contribution is -0.0388. The van der Waals surface area contributed by atoms with Crippen molar-refractivity contribution in [3.63, 3.8) is 0 Å². The minimum absolute atomic E-state index is 0.362. The van der Waals surface area contributed by atoms with Gasteiger partial charge in [-0.25, -0.2) is 14.5 Å². The van der Waals surface area contributed by atoms with Crippen LogP contribution in [0.1, 0.15) is 31.2 Å². The van der Waals surface area contributed by atoms with E-state index < -0.39 is 5.60 Å². The van der Waals surface area contributed by atoms with Crippen LogP contribution in [-0.2, 0) is 0 Å². The number of urea groups is 1. The number of rotatable bonds is 5. The predicted molar refractivity (Wildman–Crippen MR) is 86.5 cm³/mol. The first-order valence-electron chi connectivity index (χ1n) is 7.77. The van der Waals surface area contributed by atoms with E-state index in [-0.39, 0.29) is 6.03 Å². The summed E-state index contributed by atoms with van der Waals surface area (Å²) in [5.74, 6) is 0.403. The van der Waals surface area contributed by atoms with E-state index in [4.69, 9.17) is 5.26 Å². The molecule has 1 fully saturated rings. The van der Waals surface area contributed by atoms with Crippen LogP contribution in [0, 0.1) is 11.3 Å². The predicted octanol–water partition coefficient (Wildman–Crippen LogP) is 1.57. The monoisotopic (exact) mass is 326 g/mol. The highest BCUT2D eigenvalue weighted by atomic mass is 16.3. The van der Waals surface area contributed by atoms with Crippen LogP contribution in [0.2, 0.25) is 0 Å². The van der Waals surface area contributed by atoms with Crippen LogP contribution >= 0.6 is 0 Å². The van der Waals surface area contributed by atoms with Crippen molar-refractivity contribution in [2.45, 2.75) is 31.3 Å². The largest absolute Gasteiger partial charge is 0.390 e. The van der Waals surface area contributed by atoms with Gasteiger partial charge in [0.15, 0.2) is 5.82 Å². The summed E-state index contributed by atoms with van der Waals surface area (Å²) in [5.41, 5.74) is 0.278. The maximum atomic E-state index is 11.9. The van der Waals surface area contributed by atoms with Crippen molar-refractivity contribution >= 4 is 11.7 Å². The number of aliphatic hydroxyl groups is 1. The van der Waals surface area contributed by atoms with Gasteiger partial charge < -0.3 is 15.7 Å². The first kappa shape index (κ1) is 16.0. The van der Waals surface area contributed by atoms with Gasteiger partial charge in [-0.3, -0.25) is 0 Å². The number of aromatic nitrogens is 3. The summed E-state index contributed by atoms with van der Waals surface area (Å²) in [5, 5.41) is 28.6. The molecule has 0 aromatic carbocycles. The number of carbonyl (C=O) groups excluding carboxylic acids is 1. The molecule has 124 valence electrons. The summed E-state index contributed by atoms with van der Waals surface area (Å²) >= 11 is 0. The van der Waals surface area contributed by atoms with Gasteiger partial charge in [0.2, 0.25) is 0 Å². The van der Waals surface area contributed by atoms with Crippen LogP contribution in [0.15, 0.2) is 30.7 Å². The Kier molecular flexibility index (Phi) is 4.44. The number of amides is 2. The summed E-state index contributed by atoms with van der Waals surface area (Å²) in [6.45, 7) is 0.412. The van der Waals surface area contributed by atoms with Crippen molar-refractivity contribution < 1.29 is 9.90 Å². The van der Waals surface area contributed by atoms with Crippen molar-refractivity contribution in [1.29, 1.82) is 5.26 Å². The number of nitrogens with one attached hydrogen (secondary N) is 2. The minimum atomic E-state index is -0.606. The molecule has 0 unspecified atom stereocenters. The zero-order valence-electron chi connectivity index (χ0n) is 13.1. The molecule has 0 spiro atoms. The molecule has 3 N–H and O–H groups in total. The average molecular weight is 326 g/mol. The SMILES string of the molecule is N#Cc1cccnc1-n1cc(NC(=O)NCCC2(O)CCC2)cn1. The van der Waals surface area contributed by atoms with E-state index in [0.29, 0.717) is 30.0 Å². The Morgan fingerprint density at radius 2 is 2.33 bits per heavy atom. The topological polar surface area (TPSA) is 116 Å². The van der Waals surface area contributed by atoms with Crippen molar-refractivity contribution in [3.8, 4) is 11.9 Å². The molecule has 0 aliphatic heterocycles. The van der Waals surface area contributed by atoms with E-state index in [0.717, 1.165) is 19.3 Å². The van der Waals surface area contributed by atoms with Crippen molar-refractivity contribution in [2.24, 2.45) is 0 Å². The lowest BCUT2D eigenvalue weighted by atomic mass is 9.78. The second-order valence-electron chi connectivity index (χ2n) is 5.87. The molecule has 24 heavy (non-hydrogen) atoms. The molecule has 0 atom stereocenters. The van der Waals surface area contributed by atoms with Crippen LogP contribution in [0.5, 0.6) is 0 Å². The Morgan fingerprint density at radius 3 is 3.04 bits per heavy atom. The van der Waals surface area contributed by atoms with Gasteiger partial charge in [-0.05, 0) is 37.8 Å². The Balaban J connectivity index is 1.56. The van der Waals surface area contributed by atoms with Gasteiger partial charge in [-0.2, -0.15) is 10.4 Å². The van der Waals surface area contributed by atoms with Gasteiger partial charge in [0.05, 0.1) is 29.2 Å². The molecule has 1 aliphatic carbocycles. The fraction of sp³-hybridized carbons (Fsp3) is 0.375. The van der Waals surface area contributed by atoms with E-state index >= 15 is 0 Å². The number of carbonyl (C=O) groups is 1. The van der Waals surface area contributed by atoms with E-state index in [1.165, 1.54) is 10.9 Å². The number of nitrogens with zero attached hydrogens (tertiary/aromatic N) is 4. The fourth-order valence-electron chi connectivity index (χ4n) is 2.59. The zero-order valence-corrected chi connectivity index (χ0v) is 13.1. The molecule has 3 rings (SSSR count). The molecule has 0 saturated heterocycles. The van der Waals surface area contributed by atoms with Crippen LogP contribution in [0.3, 0.4) is 0 Å². The summed E-state index contributed by atoms with van der Waals surface area (Å²) in [6, 6.07) is 5.01. The number of hydrogen-bond acceptors (Lipinski definition) is 5. The molecule has 2 aromatic heterocycles. The lowest BCUT2D eigenvalue weighted by Crippen LogP contribution is -2.41. The minimum Gasteiger partial charge on any atom is -0.390 e. The van der Waals surface area contributed by atoms with Gasteiger partial charge in [-0.1, -0.05) is 0 Å². The van der Waals surface area contributed by atoms with E-state index in [1.807, 2.05) is 0 Å². The Bertz CT molecular complexity index is 775. The van der Waals surface area contributed by atoms with E-state index in [2.05, 4.69) is 26.8 Å². The zero-order chi connectivity index (χ0) is 17.0. The number of hydrogen-bond donors (Lipinski definition) is 3. The number of pyridine rings is 1. The van der Waals surface area contributed by atoms with Crippen LogP contribution in [0.25, 0.3) is 5.82 Å². The third kappa shape index (κ3) is 3.52. The lowest BCUT2D eigenvalue weighted by Gasteiger charge is -2.36. The molecular weight excluding hydrogens is 308 g/mol. The molecule has 2 amide bonds. The highest BCUT2D eigenvalue weighted by Gasteiger charge is 2.33. The third-order valence-corrected chi connectivity index (χ3v) is 4.12. The molecule has 1 aliphatic rings. The fourth-order valence-corrected chi connectivity index (χ4v) is 2.59. The quantitative estimate of drug-likeness (QED) is 0.771. The summed E-state index contributed by atoms with van der Waals surface area (Å²) < 4.78 is 1.44. The molecule has 0 radical (unpaired) electrons. The summed E-state index contributed by atoms with van der Waals surface area (Å²) in [4.78, 5) is 16.0. The Morgan fingerprint density at radius 1 is 1.50 bits per heavy atom. The number of nitriles is 1. The Labute approximate surface area is 139 Å². The van der Waals surface area contributed by atoms with Crippen LogP contribution < -0.4 is 10.6 Å². The van der Waals surface area contributed by atoms with Crippen LogP contribution in [-0.4, -0.2) is 38.0 Å².